The van der Waals surface area contributed by atoms with Crippen LogP contribution in [0.4, 0.5) is 0 Å². The van der Waals surface area contributed by atoms with E-state index in [-0.39, 0.29) is 16.7 Å². The maximum Gasteiger partial charge on any atom is 0.219 e. The lowest BCUT2D eigenvalue weighted by Gasteiger charge is -2.13. The number of nitrogens with zero attached hydrogens (tertiary/aromatic N) is 1. The molecule has 0 saturated carbocycles. The van der Waals surface area contributed by atoms with Crippen molar-refractivity contribution in [3.8, 4) is 5.75 Å². The van der Waals surface area contributed by atoms with Crippen LogP contribution in [0.3, 0.4) is 0 Å². The van der Waals surface area contributed by atoms with E-state index in [0.29, 0.717) is 0 Å². The first-order valence-electron chi connectivity index (χ1n) is 6.60. The van der Waals surface area contributed by atoms with Gasteiger partial charge in [0.05, 0.1) is 12.4 Å². The van der Waals surface area contributed by atoms with Crippen LogP contribution >= 0.6 is 11.8 Å². The highest BCUT2D eigenvalue weighted by Gasteiger charge is 2.18. The molecule has 2 aromatic carbocycles. The molecule has 0 heterocycles. The lowest BCUT2D eigenvalue weighted by atomic mass is 10.1. The maximum absolute atomic E-state index is 10.9. The van der Waals surface area contributed by atoms with Crippen LogP contribution in [-0.2, 0) is 5.75 Å². The third kappa shape index (κ3) is 4.79. The molecule has 1 unspecified atom stereocenters. The number of hydrogen-bond donors (Lipinski definition) is 0. The van der Waals surface area contributed by atoms with Crippen molar-refractivity contribution < 1.29 is 9.66 Å². The third-order valence-corrected chi connectivity index (χ3v) is 4.42. The zero-order valence-corrected chi connectivity index (χ0v) is 12.6. The summed E-state index contributed by atoms with van der Waals surface area (Å²) in [6.45, 7) is -0.0795. The van der Waals surface area contributed by atoms with Gasteiger partial charge in [-0.1, -0.05) is 42.5 Å². The van der Waals surface area contributed by atoms with E-state index in [0.717, 1.165) is 17.1 Å². The first-order valence-corrected chi connectivity index (χ1v) is 7.65. The number of thioether (sulfide) groups is 1. The summed E-state index contributed by atoms with van der Waals surface area (Å²) in [5.41, 5.74) is 2.12. The monoisotopic (exact) mass is 303 g/mol. The van der Waals surface area contributed by atoms with Crippen LogP contribution in [0.5, 0.6) is 5.75 Å². The largest absolute Gasteiger partial charge is 0.497 e. The van der Waals surface area contributed by atoms with Crippen LogP contribution in [0.25, 0.3) is 0 Å². The first kappa shape index (κ1) is 15.4. The molecule has 4 nitrogen and oxygen atoms in total. The van der Waals surface area contributed by atoms with Gasteiger partial charge in [-0.2, -0.15) is 0 Å². The molecule has 5 heteroatoms. The van der Waals surface area contributed by atoms with Crippen molar-refractivity contribution in [1.29, 1.82) is 0 Å². The van der Waals surface area contributed by atoms with E-state index in [9.17, 15) is 10.1 Å². The normalized spacial score (nSPS) is 11.9. The Morgan fingerprint density at radius 3 is 2.38 bits per heavy atom. The summed E-state index contributed by atoms with van der Waals surface area (Å²) in [5, 5.41) is 10.7. The van der Waals surface area contributed by atoms with Crippen LogP contribution in [-0.4, -0.2) is 18.6 Å². The maximum atomic E-state index is 10.9. The molecule has 2 rings (SSSR count). The van der Waals surface area contributed by atoms with Crippen molar-refractivity contribution in [2.75, 3.05) is 13.7 Å². The molecule has 0 fully saturated rings. The Labute approximate surface area is 128 Å². The van der Waals surface area contributed by atoms with Crippen molar-refractivity contribution in [2.24, 2.45) is 0 Å². The standard InChI is InChI=1S/C16H17NO3S/c1-20-15-9-7-14(8-10-15)16(11-17(18)19)21-12-13-5-3-2-4-6-13/h2-10,16H,11-12H2,1H3. The molecule has 0 amide bonds. The van der Waals surface area contributed by atoms with E-state index in [4.69, 9.17) is 4.74 Å². The third-order valence-electron chi connectivity index (χ3n) is 3.10. The fraction of sp³-hybridized carbons (Fsp3) is 0.250. The van der Waals surface area contributed by atoms with Gasteiger partial charge in [0.15, 0.2) is 0 Å². The predicted octanol–water partition coefficient (Wildman–Crippen LogP) is 3.95. The Kier molecular flexibility index (Phi) is 5.63. The van der Waals surface area contributed by atoms with Gasteiger partial charge in [-0.3, -0.25) is 10.1 Å². The molecular formula is C16H17NO3S. The summed E-state index contributed by atoms with van der Waals surface area (Å²) in [5.74, 6) is 1.51. The summed E-state index contributed by atoms with van der Waals surface area (Å²) in [4.78, 5) is 10.6. The number of hydrogen-bond acceptors (Lipinski definition) is 4. The van der Waals surface area contributed by atoms with Crippen LogP contribution < -0.4 is 4.74 Å². The van der Waals surface area contributed by atoms with Gasteiger partial charge < -0.3 is 4.74 Å². The lowest BCUT2D eigenvalue weighted by molar-refractivity contribution is -0.479. The quantitative estimate of drug-likeness (QED) is 0.574. The van der Waals surface area contributed by atoms with Crippen molar-refractivity contribution in [3.63, 3.8) is 0 Å². The number of nitro groups is 1. The molecule has 0 bridgehead atoms. The summed E-state index contributed by atoms with van der Waals surface area (Å²) in [7, 11) is 1.60. The molecular weight excluding hydrogens is 286 g/mol. The lowest BCUT2D eigenvalue weighted by Crippen LogP contribution is -2.10. The summed E-state index contributed by atoms with van der Waals surface area (Å²) in [6.07, 6.45) is 0. The van der Waals surface area contributed by atoms with Crippen molar-refractivity contribution >= 4 is 11.8 Å². The van der Waals surface area contributed by atoms with Crippen molar-refractivity contribution in [1.82, 2.24) is 0 Å². The van der Waals surface area contributed by atoms with E-state index >= 15 is 0 Å². The Morgan fingerprint density at radius 2 is 1.81 bits per heavy atom. The van der Waals surface area contributed by atoms with Gasteiger partial charge in [-0.15, -0.1) is 11.8 Å². The zero-order valence-electron chi connectivity index (χ0n) is 11.8. The SMILES string of the molecule is COc1ccc(C(C[N+](=O)[O-])SCc2ccccc2)cc1. The molecule has 2 aromatic rings. The average Bonchev–Trinajstić information content (AvgIpc) is 2.52. The molecule has 0 aromatic heterocycles. The molecule has 0 aliphatic heterocycles. The van der Waals surface area contributed by atoms with Gasteiger partial charge in [0.25, 0.3) is 0 Å². The molecule has 110 valence electrons. The number of methoxy groups -OCH3 is 1. The fourth-order valence-electron chi connectivity index (χ4n) is 1.98. The summed E-state index contributed by atoms with van der Waals surface area (Å²) >= 11 is 1.59. The number of ether oxygens (including phenoxy) is 1. The molecule has 0 aliphatic rings. The Hall–Kier alpha value is -2.01. The highest BCUT2D eigenvalue weighted by atomic mass is 32.2. The van der Waals surface area contributed by atoms with Gasteiger partial charge in [0, 0.05) is 10.7 Å². The molecule has 1 atom stereocenters. The Morgan fingerprint density at radius 1 is 1.14 bits per heavy atom. The van der Waals surface area contributed by atoms with Gasteiger partial charge in [-0.05, 0) is 23.3 Å². The summed E-state index contributed by atoms with van der Waals surface area (Å²) < 4.78 is 5.12. The van der Waals surface area contributed by atoms with Crippen LogP contribution in [0.1, 0.15) is 16.4 Å². The number of benzene rings is 2. The molecule has 0 spiro atoms. The molecule has 0 radical (unpaired) electrons. The Balaban J connectivity index is 2.07. The average molecular weight is 303 g/mol. The first-order chi connectivity index (χ1) is 10.2. The highest BCUT2D eigenvalue weighted by molar-refractivity contribution is 7.98. The van der Waals surface area contributed by atoms with Gasteiger partial charge in [0.2, 0.25) is 6.54 Å². The smallest absolute Gasteiger partial charge is 0.219 e. The molecule has 0 N–H and O–H groups in total. The van der Waals surface area contributed by atoms with Gasteiger partial charge in [-0.25, -0.2) is 0 Å². The van der Waals surface area contributed by atoms with Gasteiger partial charge in [0.1, 0.15) is 5.75 Å². The highest BCUT2D eigenvalue weighted by Crippen LogP contribution is 2.32. The molecule has 0 saturated heterocycles. The second-order valence-electron chi connectivity index (χ2n) is 4.57. The van der Waals surface area contributed by atoms with Crippen molar-refractivity contribution in [3.05, 3.63) is 75.8 Å². The van der Waals surface area contributed by atoms with E-state index in [1.807, 2.05) is 54.6 Å². The topological polar surface area (TPSA) is 52.4 Å². The zero-order chi connectivity index (χ0) is 15.1. The van der Waals surface area contributed by atoms with Crippen LogP contribution in [0.2, 0.25) is 0 Å². The van der Waals surface area contributed by atoms with E-state index in [1.54, 1.807) is 18.9 Å². The Bertz CT molecular complexity index is 572. The predicted molar refractivity (Wildman–Crippen MR) is 85.3 cm³/mol. The second-order valence-corrected chi connectivity index (χ2v) is 5.76. The van der Waals surface area contributed by atoms with Crippen molar-refractivity contribution in [2.45, 2.75) is 11.0 Å². The molecule has 21 heavy (non-hydrogen) atoms. The van der Waals surface area contributed by atoms with Crippen LogP contribution in [0, 0.1) is 10.1 Å². The second kappa shape index (κ2) is 7.69. The van der Waals surface area contributed by atoms with Crippen LogP contribution in [0.15, 0.2) is 54.6 Å². The van der Waals surface area contributed by atoms with E-state index in [2.05, 4.69) is 0 Å². The van der Waals surface area contributed by atoms with Gasteiger partial charge >= 0.3 is 0 Å². The minimum Gasteiger partial charge on any atom is -0.497 e. The minimum atomic E-state index is -0.257. The van der Waals surface area contributed by atoms with E-state index < -0.39 is 0 Å². The molecule has 0 aliphatic carbocycles. The van der Waals surface area contributed by atoms with E-state index in [1.165, 1.54) is 5.56 Å². The minimum absolute atomic E-state index is 0.0795. The fourth-order valence-corrected chi connectivity index (χ4v) is 3.14. The summed E-state index contributed by atoms with van der Waals surface area (Å²) in [6, 6.07) is 17.4. The number of rotatable bonds is 7.